The van der Waals surface area contributed by atoms with E-state index in [1.807, 2.05) is 19.2 Å². The van der Waals surface area contributed by atoms with Gasteiger partial charge >= 0.3 is 12.0 Å². The molecule has 0 aliphatic carbocycles. The number of carbonyl (C=O) groups excluding carboxylic acids is 3. The van der Waals surface area contributed by atoms with Crippen molar-refractivity contribution < 1.29 is 33.8 Å². The largest absolute Gasteiger partial charge is 0.481 e. The highest BCUT2D eigenvalue weighted by Crippen LogP contribution is 2.35. The first-order chi connectivity index (χ1) is 20.7. The van der Waals surface area contributed by atoms with Gasteiger partial charge in [0.2, 0.25) is 18.6 Å². The van der Waals surface area contributed by atoms with Crippen LogP contribution in [-0.2, 0) is 20.8 Å². The van der Waals surface area contributed by atoms with Gasteiger partial charge in [0.25, 0.3) is 0 Å². The lowest BCUT2D eigenvalue weighted by Gasteiger charge is -2.23. The van der Waals surface area contributed by atoms with Gasteiger partial charge in [-0.05, 0) is 72.4 Å². The van der Waals surface area contributed by atoms with Gasteiger partial charge in [-0.15, -0.1) is 0 Å². The summed E-state index contributed by atoms with van der Waals surface area (Å²) in [4.78, 5) is 54.2. The zero-order valence-electron chi connectivity index (χ0n) is 23.7. The third-order valence-electron chi connectivity index (χ3n) is 6.49. The van der Waals surface area contributed by atoms with Crippen molar-refractivity contribution in [2.45, 2.75) is 38.3 Å². The number of amides is 4. The van der Waals surface area contributed by atoms with E-state index in [2.05, 4.69) is 26.3 Å². The lowest BCUT2D eigenvalue weighted by atomic mass is 10.0. The predicted octanol–water partition coefficient (Wildman–Crippen LogP) is 3.88. The summed E-state index contributed by atoms with van der Waals surface area (Å²) in [6, 6.07) is 13.1. The number of fused-ring (bicyclic) bond motifs is 1. The van der Waals surface area contributed by atoms with Crippen molar-refractivity contribution in [3.8, 4) is 11.5 Å². The maximum absolute atomic E-state index is 13.3. The zero-order valence-corrected chi connectivity index (χ0v) is 24.5. The molecule has 0 radical (unpaired) electrons. The summed E-state index contributed by atoms with van der Waals surface area (Å²) in [5.74, 6) is 0.0897. The van der Waals surface area contributed by atoms with Gasteiger partial charge in [0.15, 0.2) is 11.5 Å². The van der Waals surface area contributed by atoms with Crippen molar-refractivity contribution in [1.82, 2.24) is 15.6 Å². The molecule has 13 heteroatoms. The molecule has 0 saturated carbocycles. The van der Waals surface area contributed by atoms with Crippen LogP contribution in [0.3, 0.4) is 0 Å². The summed E-state index contributed by atoms with van der Waals surface area (Å²) in [5, 5.41) is 20.4. The second-order valence-corrected chi connectivity index (χ2v) is 10.8. The molecule has 0 spiro atoms. The average Bonchev–Trinajstić information content (AvgIpc) is 3.45. The summed E-state index contributed by atoms with van der Waals surface area (Å²) in [7, 11) is 0. The summed E-state index contributed by atoms with van der Waals surface area (Å²) in [6.45, 7) is 1.97. The number of aromatic nitrogens is 1. The number of pyridine rings is 1. The number of aryl methyl sites for hydroxylation is 1. The number of urea groups is 1. The highest BCUT2D eigenvalue weighted by molar-refractivity contribution is 7.98. The number of carboxylic acids is 1. The number of hydrogen-bond donors (Lipinski definition) is 5. The number of nitrogens with one attached hydrogen (secondary N) is 4. The van der Waals surface area contributed by atoms with Crippen molar-refractivity contribution >= 4 is 47.1 Å². The van der Waals surface area contributed by atoms with Crippen LogP contribution in [0.4, 0.5) is 16.3 Å². The Morgan fingerprint density at radius 1 is 0.977 bits per heavy atom. The number of carbonyl (C=O) groups is 4. The van der Waals surface area contributed by atoms with Crippen LogP contribution in [0.15, 0.2) is 60.8 Å². The van der Waals surface area contributed by atoms with Gasteiger partial charge < -0.3 is 30.5 Å². The average molecular weight is 608 g/mol. The molecule has 1 aliphatic rings. The summed E-state index contributed by atoms with van der Waals surface area (Å²) >= 11 is 1.53. The molecule has 2 aromatic carbocycles. The van der Waals surface area contributed by atoms with Gasteiger partial charge in [-0.2, -0.15) is 11.8 Å². The molecule has 1 aliphatic heterocycles. The molecular formula is C30H33N5O7S. The van der Waals surface area contributed by atoms with E-state index in [1.54, 1.807) is 54.7 Å². The molecule has 0 unspecified atom stereocenters. The van der Waals surface area contributed by atoms with Crippen molar-refractivity contribution in [1.29, 1.82) is 0 Å². The Hall–Kier alpha value is -4.78. The molecule has 0 saturated heterocycles. The van der Waals surface area contributed by atoms with Crippen LogP contribution in [0.25, 0.3) is 0 Å². The molecule has 43 heavy (non-hydrogen) atoms. The Morgan fingerprint density at radius 3 is 2.44 bits per heavy atom. The number of carboxylic acid groups (broad SMARTS) is 1. The topological polar surface area (TPSA) is 168 Å². The van der Waals surface area contributed by atoms with Crippen LogP contribution in [-0.4, -0.2) is 58.7 Å². The van der Waals surface area contributed by atoms with Gasteiger partial charge in [-0.3, -0.25) is 19.7 Å². The molecule has 226 valence electrons. The molecule has 1 aromatic heterocycles. The van der Waals surface area contributed by atoms with Crippen molar-refractivity contribution in [2.24, 2.45) is 0 Å². The summed E-state index contributed by atoms with van der Waals surface area (Å²) in [5.41, 5.74) is 2.73. The summed E-state index contributed by atoms with van der Waals surface area (Å²) in [6.07, 6.45) is 3.55. The SMILES string of the molecule is CSCC[C@H](NC(=O)Cc1ccc(NC(=O)Nc2ccc(C)cn2)cc1)C(=O)N[C@@H](CC(=O)O)c1ccc2c(c1)OCO2. The molecule has 2 heterocycles. The van der Waals surface area contributed by atoms with Gasteiger partial charge in [0.05, 0.1) is 18.9 Å². The zero-order chi connectivity index (χ0) is 30.8. The lowest BCUT2D eigenvalue weighted by Crippen LogP contribution is -2.48. The Balaban J connectivity index is 1.34. The third kappa shape index (κ3) is 9.36. The Bertz CT molecular complexity index is 1450. The first-order valence-electron chi connectivity index (χ1n) is 13.5. The number of ether oxygens (including phenoxy) is 2. The normalized spacial score (nSPS) is 13.0. The second kappa shape index (κ2) is 14.9. The van der Waals surface area contributed by atoms with Crippen LogP contribution < -0.4 is 30.7 Å². The van der Waals surface area contributed by atoms with Crippen molar-refractivity contribution in [3.05, 3.63) is 77.5 Å². The fourth-order valence-corrected chi connectivity index (χ4v) is 4.76. The number of benzene rings is 2. The van der Waals surface area contributed by atoms with Gasteiger partial charge in [0.1, 0.15) is 11.9 Å². The highest BCUT2D eigenvalue weighted by Gasteiger charge is 2.26. The molecule has 3 aromatic rings. The molecular weight excluding hydrogens is 574 g/mol. The summed E-state index contributed by atoms with van der Waals surface area (Å²) < 4.78 is 10.7. The number of aliphatic carboxylic acids is 1. The fourth-order valence-electron chi connectivity index (χ4n) is 4.29. The van der Waals surface area contributed by atoms with Crippen LogP contribution in [0.2, 0.25) is 0 Å². The third-order valence-corrected chi connectivity index (χ3v) is 7.13. The van der Waals surface area contributed by atoms with E-state index in [9.17, 15) is 24.3 Å². The monoisotopic (exact) mass is 607 g/mol. The van der Waals surface area contributed by atoms with E-state index >= 15 is 0 Å². The molecule has 12 nitrogen and oxygen atoms in total. The number of thioether (sulfide) groups is 1. The first kappa shape index (κ1) is 31.2. The molecule has 0 bridgehead atoms. The molecule has 2 atom stereocenters. The molecule has 4 rings (SSSR count). The number of hydrogen-bond acceptors (Lipinski definition) is 8. The van der Waals surface area contributed by atoms with E-state index in [0.717, 1.165) is 5.56 Å². The van der Waals surface area contributed by atoms with E-state index in [-0.39, 0.29) is 25.5 Å². The quantitative estimate of drug-likeness (QED) is 0.194. The Kier molecular flexibility index (Phi) is 10.8. The lowest BCUT2D eigenvalue weighted by molar-refractivity contribution is -0.138. The maximum Gasteiger partial charge on any atom is 0.324 e. The Labute approximate surface area is 252 Å². The van der Waals surface area contributed by atoms with Crippen LogP contribution >= 0.6 is 11.8 Å². The number of anilines is 2. The minimum absolute atomic E-state index is 0.00350. The van der Waals surface area contributed by atoms with E-state index in [0.29, 0.717) is 46.3 Å². The van der Waals surface area contributed by atoms with E-state index in [1.165, 1.54) is 11.8 Å². The number of nitrogens with zero attached hydrogens (tertiary/aromatic N) is 1. The van der Waals surface area contributed by atoms with Gasteiger partial charge in [-0.1, -0.05) is 24.3 Å². The fraction of sp³-hybridized carbons (Fsp3) is 0.300. The standard InChI is InChI=1S/C30H33N5O7S/c1-18-3-10-26(31-16-18)35-30(40)32-21-7-4-19(5-8-21)13-27(36)33-22(11-12-43-2)29(39)34-23(15-28(37)38)20-6-9-24-25(14-20)42-17-41-24/h3-10,14,16,22-23H,11-13,15,17H2,1-2H3,(H,33,36)(H,34,39)(H,37,38)(H2,31,32,35,40)/t22-,23-/m0/s1. The van der Waals surface area contributed by atoms with Crippen LogP contribution in [0.1, 0.15) is 35.6 Å². The van der Waals surface area contributed by atoms with Crippen molar-refractivity contribution in [2.75, 3.05) is 29.4 Å². The minimum atomic E-state index is -1.09. The molecule has 0 fully saturated rings. The predicted molar refractivity (Wildman–Crippen MR) is 162 cm³/mol. The maximum atomic E-state index is 13.3. The molecule has 4 amide bonds. The molecule has 5 N–H and O–H groups in total. The van der Waals surface area contributed by atoms with Crippen molar-refractivity contribution in [3.63, 3.8) is 0 Å². The second-order valence-electron chi connectivity index (χ2n) is 9.85. The first-order valence-corrected chi connectivity index (χ1v) is 14.9. The highest BCUT2D eigenvalue weighted by atomic mass is 32.2. The number of rotatable bonds is 13. The minimum Gasteiger partial charge on any atom is -0.481 e. The van der Waals surface area contributed by atoms with E-state index < -0.39 is 30.0 Å². The smallest absolute Gasteiger partial charge is 0.324 e. The van der Waals surface area contributed by atoms with Crippen LogP contribution in [0.5, 0.6) is 11.5 Å². The van der Waals surface area contributed by atoms with E-state index in [4.69, 9.17) is 9.47 Å². The van der Waals surface area contributed by atoms with Gasteiger partial charge in [-0.25, -0.2) is 9.78 Å². The van der Waals surface area contributed by atoms with Gasteiger partial charge in [0, 0.05) is 11.9 Å². The Morgan fingerprint density at radius 2 is 1.74 bits per heavy atom. The van der Waals surface area contributed by atoms with Crippen LogP contribution in [0, 0.1) is 6.92 Å².